The van der Waals surface area contributed by atoms with Crippen LogP contribution in [0.1, 0.15) is 80.2 Å². The molecule has 168 valence electrons. The van der Waals surface area contributed by atoms with Crippen LogP contribution in [0.15, 0.2) is 42.5 Å². The molecule has 5 rings (SSSR count). The van der Waals surface area contributed by atoms with Gasteiger partial charge in [-0.15, -0.1) is 0 Å². The smallest absolute Gasteiger partial charge is 0.0659 e. The highest BCUT2D eigenvalue weighted by atomic mass is 14.8. The fraction of sp³-hybridized carbons (Fsp3) is 0.310. The number of rotatable bonds is 8. The van der Waals surface area contributed by atoms with Gasteiger partial charge in [0.05, 0.1) is 22.8 Å². The second-order valence-electron chi connectivity index (χ2n) is 9.03. The van der Waals surface area contributed by atoms with Crippen LogP contribution in [-0.2, 0) is 6.42 Å². The van der Waals surface area contributed by atoms with Crippen molar-refractivity contribution in [3.8, 4) is 0 Å². The van der Waals surface area contributed by atoms with E-state index in [1.807, 2.05) is 18.2 Å². The molecule has 33 heavy (non-hydrogen) atoms. The maximum Gasteiger partial charge on any atom is 0.0659 e. The lowest BCUT2D eigenvalue weighted by Crippen LogP contribution is -1.89. The van der Waals surface area contributed by atoms with Crippen molar-refractivity contribution in [1.29, 1.82) is 0 Å². The van der Waals surface area contributed by atoms with Crippen LogP contribution in [0.4, 0.5) is 0 Å². The minimum Gasteiger partial charge on any atom is -0.355 e. The molecule has 0 spiro atoms. The largest absolute Gasteiger partial charge is 0.355 e. The van der Waals surface area contributed by atoms with Crippen LogP contribution < -0.4 is 0 Å². The molecule has 4 nitrogen and oxygen atoms in total. The van der Waals surface area contributed by atoms with Crippen LogP contribution in [0.5, 0.6) is 0 Å². The van der Waals surface area contributed by atoms with Crippen molar-refractivity contribution in [1.82, 2.24) is 19.9 Å². The number of aryl methyl sites for hydroxylation is 1. The van der Waals surface area contributed by atoms with Crippen LogP contribution >= 0.6 is 0 Å². The van der Waals surface area contributed by atoms with Crippen LogP contribution in [-0.4, -0.2) is 19.9 Å². The van der Waals surface area contributed by atoms with E-state index in [1.165, 1.54) is 61.5 Å². The van der Waals surface area contributed by atoms with Crippen molar-refractivity contribution in [3.63, 3.8) is 0 Å². The number of aromatic nitrogens is 4. The summed E-state index contributed by atoms with van der Waals surface area (Å²) in [5.41, 5.74) is 9.62. The molecular formula is C29H32N4. The second-order valence-corrected chi connectivity index (χ2v) is 9.03. The summed E-state index contributed by atoms with van der Waals surface area (Å²) in [6.45, 7) is 2.27. The zero-order valence-electron chi connectivity index (χ0n) is 19.4. The zero-order chi connectivity index (χ0) is 22.5. The minimum atomic E-state index is 0.929. The number of hydrogen-bond acceptors (Lipinski definition) is 2. The van der Waals surface area contributed by atoms with Gasteiger partial charge in [-0.25, -0.2) is 9.97 Å². The van der Waals surface area contributed by atoms with Gasteiger partial charge >= 0.3 is 0 Å². The van der Waals surface area contributed by atoms with Crippen molar-refractivity contribution < 1.29 is 0 Å². The van der Waals surface area contributed by atoms with E-state index >= 15 is 0 Å². The molecule has 3 aromatic rings. The lowest BCUT2D eigenvalue weighted by molar-refractivity contribution is 0.590. The molecule has 0 aromatic carbocycles. The normalized spacial score (nSPS) is 12.5. The third-order valence-electron chi connectivity index (χ3n) is 6.37. The lowest BCUT2D eigenvalue weighted by atomic mass is 10.0. The Morgan fingerprint density at radius 1 is 0.576 bits per heavy atom. The maximum atomic E-state index is 4.73. The lowest BCUT2D eigenvalue weighted by Gasteiger charge is -2.03. The number of nitrogens with one attached hydrogen (secondary N) is 2. The maximum absolute atomic E-state index is 4.73. The van der Waals surface area contributed by atoms with E-state index in [0.717, 1.165) is 40.2 Å². The molecule has 0 atom stereocenters. The van der Waals surface area contributed by atoms with Gasteiger partial charge in [0, 0.05) is 22.1 Å². The van der Waals surface area contributed by atoms with E-state index < -0.39 is 0 Å². The first kappa shape index (κ1) is 21.4. The van der Waals surface area contributed by atoms with Gasteiger partial charge in [0.2, 0.25) is 0 Å². The Morgan fingerprint density at radius 2 is 1.06 bits per heavy atom. The Hall–Kier alpha value is -3.40. The van der Waals surface area contributed by atoms with E-state index in [0.29, 0.717) is 0 Å². The van der Waals surface area contributed by atoms with Crippen molar-refractivity contribution in [3.05, 3.63) is 70.8 Å². The van der Waals surface area contributed by atoms with Crippen LogP contribution in [0.2, 0.25) is 0 Å². The van der Waals surface area contributed by atoms with E-state index in [4.69, 9.17) is 9.97 Å². The second kappa shape index (κ2) is 10.0. The number of hydrogen-bond donors (Lipinski definition) is 2. The summed E-state index contributed by atoms with van der Waals surface area (Å²) in [7, 11) is 0. The molecule has 0 amide bonds. The molecule has 2 aliphatic rings. The quantitative estimate of drug-likeness (QED) is 0.242. The number of nitrogens with zero attached hydrogens (tertiary/aromatic N) is 2. The molecule has 0 fully saturated rings. The van der Waals surface area contributed by atoms with Gasteiger partial charge in [0.25, 0.3) is 0 Å². The van der Waals surface area contributed by atoms with E-state index in [-0.39, 0.29) is 0 Å². The molecular weight excluding hydrogens is 404 g/mol. The minimum absolute atomic E-state index is 0.929. The number of unbranched alkanes of at least 4 members (excludes halogenated alkanes) is 6. The number of fused-ring (bicyclic) bond motifs is 8. The third-order valence-corrected chi connectivity index (χ3v) is 6.37. The summed E-state index contributed by atoms with van der Waals surface area (Å²) < 4.78 is 0. The van der Waals surface area contributed by atoms with Crippen LogP contribution in [0.25, 0.3) is 46.4 Å². The molecule has 0 radical (unpaired) electrons. The van der Waals surface area contributed by atoms with E-state index in [1.54, 1.807) is 0 Å². The topological polar surface area (TPSA) is 57.4 Å². The number of aromatic amines is 2. The van der Waals surface area contributed by atoms with Gasteiger partial charge in [-0.1, -0.05) is 45.4 Å². The van der Waals surface area contributed by atoms with Crippen LogP contribution in [0.3, 0.4) is 0 Å². The summed E-state index contributed by atoms with van der Waals surface area (Å²) in [4.78, 5) is 16.7. The molecule has 5 heterocycles. The predicted octanol–water partition coefficient (Wildman–Crippen LogP) is 7.95. The number of H-pyrrole nitrogens is 2. The first-order valence-corrected chi connectivity index (χ1v) is 12.3. The van der Waals surface area contributed by atoms with Gasteiger partial charge in [-0.2, -0.15) is 0 Å². The van der Waals surface area contributed by atoms with Gasteiger partial charge in [0.15, 0.2) is 0 Å². The molecule has 0 saturated carbocycles. The highest BCUT2D eigenvalue weighted by Gasteiger charge is 2.06. The summed E-state index contributed by atoms with van der Waals surface area (Å²) in [6, 6.07) is 14.9. The first-order valence-electron chi connectivity index (χ1n) is 12.3. The Balaban J connectivity index is 1.54. The molecule has 4 heteroatoms. The third kappa shape index (κ3) is 5.33. The zero-order valence-corrected chi connectivity index (χ0v) is 19.4. The Kier molecular flexibility index (Phi) is 6.52. The molecule has 2 N–H and O–H groups in total. The monoisotopic (exact) mass is 436 g/mol. The van der Waals surface area contributed by atoms with Gasteiger partial charge in [-0.3, -0.25) is 0 Å². The fourth-order valence-electron chi connectivity index (χ4n) is 4.60. The van der Waals surface area contributed by atoms with Crippen molar-refractivity contribution in [2.75, 3.05) is 0 Å². The van der Waals surface area contributed by atoms with E-state index in [2.05, 4.69) is 65.4 Å². The average molecular weight is 437 g/mol. The predicted molar refractivity (Wildman–Crippen MR) is 141 cm³/mol. The molecule has 8 bridgehead atoms. The molecule has 0 unspecified atom stereocenters. The SMILES string of the molecule is CCCCCCCCCc1c2ccc(cc3nc(cc4nc(cc5ccc1[nH]5)C=C4)C=C3)[nH]2. The summed E-state index contributed by atoms with van der Waals surface area (Å²) in [6.07, 6.45) is 18.4. The molecule has 2 aliphatic heterocycles. The fourth-order valence-corrected chi connectivity index (χ4v) is 4.60. The van der Waals surface area contributed by atoms with E-state index in [9.17, 15) is 0 Å². The summed E-state index contributed by atoms with van der Waals surface area (Å²) in [5.74, 6) is 0. The summed E-state index contributed by atoms with van der Waals surface area (Å²) >= 11 is 0. The van der Waals surface area contributed by atoms with Gasteiger partial charge in [-0.05, 0) is 85.2 Å². The molecule has 0 aliphatic carbocycles. The molecule has 0 saturated heterocycles. The van der Waals surface area contributed by atoms with Gasteiger partial charge in [0.1, 0.15) is 0 Å². The Bertz CT molecular complexity index is 1240. The molecule has 3 aromatic heterocycles. The highest BCUT2D eigenvalue weighted by molar-refractivity contribution is 5.79. The summed E-state index contributed by atoms with van der Waals surface area (Å²) in [5, 5.41) is 0. The van der Waals surface area contributed by atoms with Crippen molar-refractivity contribution in [2.24, 2.45) is 0 Å². The Labute approximate surface area is 195 Å². The standard InChI is InChI=1S/C29H32N4/c1-2-3-4-5-6-7-8-9-27-28-16-14-25(32-28)19-23-12-10-21(30-23)18-22-11-13-24(31-22)20-26-15-17-29(27)33-26/h10-20,32-33H,2-9H2,1H3. The Morgan fingerprint density at radius 3 is 1.61 bits per heavy atom. The highest BCUT2D eigenvalue weighted by Crippen LogP contribution is 2.22. The van der Waals surface area contributed by atoms with Gasteiger partial charge < -0.3 is 9.97 Å². The van der Waals surface area contributed by atoms with Crippen LogP contribution in [0, 0.1) is 0 Å². The van der Waals surface area contributed by atoms with Crippen molar-refractivity contribution >= 4 is 46.4 Å². The first-order chi connectivity index (χ1) is 16.3. The van der Waals surface area contributed by atoms with Crippen molar-refractivity contribution in [2.45, 2.75) is 58.3 Å². The average Bonchev–Trinajstić information content (AvgIpc) is 3.60.